The van der Waals surface area contributed by atoms with E-state index in [-0.39, 0.29) is 5.91 Å². The van der Waals surface area contributed by atoms with E-state index in [2.05, 4.69) is 21.2 Å². The molecule has 0 aliphatic carbocycles. The van der Waals surface area contributed by atoms with Crippen LogP contribution in [0.3, 0.4) is 0 Å². The van der Waals surface area contributed by atoms with Gasteiger partial charge in [0, 0.05) is 36.9 Å². The van der Waals surface area contributed by atoms with Crippen LogP contribution in [0, 0.1) is 0 Å². The van der Waals surface area contributed by atoms with Crippen molar-refractivity contribution in [3.05, 3.63) is 53.6 Å². The minimum Gasteiger partial charge on any atom is -0.495 e. The third kappa shape index (κ3) is 4.65. The van der Waals surface area contributed by atoms with E-state index in [0.717, 1.165) is 36.9 Å². The summed E-state index contributed by atoms with van der Waals surface area (Å²) in [5, 5.41) is 3.67. The number of amides is 1. The Balaban J connectivity index is 1.51. The van der Waals surface area contributed by atoms with E-state index in [1.165, 1.54) is 0 Å². The fraction of sp³-hybridized carbons (Fsp3) is 0.316. The summed E-state index contributed by atoms with van der Waals surface area (Å²) < 4.78 is 5.26. The lowest BCUT2D eigenvalue weighted by molar-refractivity contribution is -0.117. The summed E-state index contributed by atoms with van der Waals surface area (Å²) in [6.45, 7) is 3.81. The summed E-state index contributed by atoms with van der Waals surface area (Å²) in [7, 11) is 1.60. The third-order valence-corrected chi connectivity index (χ3v) is 4.53. The minimum atomic E-state index is -0.0271. The molecule has 0 radical (unpaired) electrons. The van der Waals surface area contributed by atoms with E-state index in [9.17, 15) is 4.79 Å². The summed E-state index contributed by atoms with van der Waals surface area (Å²) in [5.41, 5.74) is 1.83. The van der Waals surface area contributed by atoms with Gasteiger partial charge in [-0.2, -0.15) is 0 Å². The molecule has 0 atom stereocenters. The van der Waals surface area contributed by atoms with Crippen LogP contribution in [-0.4, -0.2) is 50.6 Å². The topological polar surface area (TPSA) is 44.8 Å². The lowest BCUT2D eigenvalue weighted by Gasteiger charge is -2.35. The Morgan fingerprint density at radius 3 is 2.60 bits per heavy atom. The SMILES string of the molecule is COc1ccccc1NC(=O)CN1CCN(c2cccc(Cl)c2)CC1. The molecule has 2 aromatic carbocycles. The normalized spacial score (nSPS) is 15.0. The first-order valence-corrected chi connectivity index (χ1v) is 8.69. The molecule has 6 heteroatoms. The number of piperazine rings is 1. The highest BCUT2D eigenvalue weighted by atomic mass is 35.5. The molecule has 1 aliphatic rings. The number of methoxy groups -OCH3 is 1. The molecule has 1 heterocycles. The maximum atomic E-state index is 12.3. The predicted octanol–water partition coefficient (Wildman–Crippen LogP) is 3.11. The number of carbonyl (C=O) groups excluding carboxylic acids is 1. The van der Waals surface area contributed by atoms with Gasteiger partial charge in [0.1, 0.15) is 5.75 Å². The fourth-order valence-electron chi connectivity index (χ4n) is 2.98. The van der Waals surface area contributed by atoms with E-state index in [1.807, 2.05) is 42.5 Å². The number of rotatable bonds is 5. The maximum Gasteiger partial charge on any atom is 0.238 e. The molecule has 0 bridgehead atoms. The van der Waals surface area contributed by atoms with Gasteiger partial charge in [0.25, 0.3) is 0 Å². The van der Waals surface area contributed by atoms with Gasteiger partial charge in [-0.3, -0.25) is 9.69 Å². The van der Waals surface area contributed by atoms with Crippen LogP contribution in [0.4, 0.5) is 11.4 Å². The van der Waals surface area contributed by atoms with Crippen molar-refractivity contribution in [2.24, 2.45) is 0 Å². The van der Waals surface area contributed by atoms with E-state index in [4.69, 9.17) is 16.3 Å². The zero-order valence-corrected chi connectivity index (χ0v) is 15.0. The third-order valence-electron chi connectivity index (χ3n) is 4.29. The molecule has 1 aliphatic heterocycles. The first-order chi connectivity index (χ1) is 12.2. The Kier molecular flexibility index (Phi) is 5.79. The van der Waals surface area contributed by atoms with Crippen molar-refractivity contribution in [2.75, 3.05) is 50.1 Å². The summed E-state index contributed by atoms with van der Waals surface area (Å²) in [6.07, 6.45) is 0. The number of anilines is 2. The van der Waals surface area contributed by atoms with Crippen LogP contribution in [0.2, 0.25) is 5.02 Å². The first-order valence-electron chi connectivity index (χ1n) is 8.31. The number of para-hydroxylation sites is 2. The van der Waals surface area contributed by atoms with Gasteiger partial charge in [0.05, 0.1) is 19.3 Å². The maximum absolute atomic E-state index is 12.3. The van der Waals surface area contributed by atoms with Gasteiger partial charge in [-0.1, -0.05) is 29.8 Å². The highest BCUT2D eigenvalue weighted by molar-refractivity contribution is 6.30. The van der Waals surface area contributed by atoms with Crippen molar-refractivity contribution in [2.45, 2.75) is 0 Å². The second-order valence-electron chi connectivity index (χ2n) is 5.99. The molecule has 1 N–H and O–H groups in total. The zero-order chi connectivity index (χ0) is 17.6. The Bertz CT molecular complexity index is 730. The fourth-order valence-corrected chi connectivity index (χ4v) is 3.16. The Hall–Kier alpha value is -2.24. The highest BCUT2D eigenvalue weighted by Crippen LogP contribution is 2.23. The molecule has 1 amide bonds. The van der Waals surface area contributed by atoms with E-state index in [1.54, 1.807) is 7.11 Å². The van der Waals surface area contributed by atoms with Crippen LogP contribution in [0.5, 0.6) is 5.75 Å². The summed E-state index contributed by atoms with van der Waals surface area (Å²) >= 11 is 6.06. The van der Waals surface area contributed by atoms with Crippen molar-refractivity contribution >= 4 is 28.9 Å². The molecule has 1 fully saturated rings. The van der Waals surface area contributed by atoms with E-state index < -0.39 is 0 Å². The molecule has 5 nitrogen and oxygen atoms in total. The number of nitrogens with one attached hydrogen (secondary N) is 1. The molecule has 132 valence electrons. The number of carbonyl (C=O) groups is 1. The van der Waals surface area contributed by atoms with Crippen molar-refractivity contribution in [3.8, 4) is 5.75 Å². The van der Waals surface area contributed by atoms with Gasteiger partial charge in [0.15, 0.2) is 0 Å². The standard InChI is InChI=1S/C19H22ClN3O2/c1-25-18-8-3-2-7-17(18)21-19(24)14-22-9-11-23(12-10-22)16-6-4-5-15(20)13-16/h2-8,13H,9-12,14H2,1H3,(H,21,24). The van der Waals surface area contributed by atoms with Gasteiger partial charge in [0.2, 0.25) is 5.91 Å². The molecule has 0 unspecified atom stereocenters. The number of halogens is 1. The Morgan fingerprint density at radius 2 is 1.88 bits per heavy atom. The zero-order valence-electron chi connectivity index (χ0n) is 14.2. The van der Waals surface area contributed by atoms with Gasteiger partial charge < -0.3 is 15.0 Å². The van der Waals surface area contributed by atoms with Gasteiger partial charge >= 0.3 is 0 Å². The largest absolute Gasteiger partial charge is 0.495 e. The molecule has 25 heavy (non-hydrogen) atoms. The smallest absolute Gasteiger partial charge is 0.238 e. The Morgan fingerprint density at radius 1 is 1.12 bits per heavy atom. The number of ether oxygens (including phenoxy) is 1. The number of hydrogen-bond donors (Lipinski definition) is 1. The van der Waals surface area contributed by atoms with Crippen molar-refractivity contribution in [1.82, 2.24) is 4.90 Å². The number of nitrogens with zero attached hydrogens (tertiary/aromatic N) is 2. The quantitative estimate of drug-likeness (QED) is 0.891. The minimum absolute atomic E-state index is 0.0271. The molecule has 0 aromatic heterocycles. The number of hydrogen-bond acceptors (Lipinski definition) is 4. The first kappa shape index (κ1) is 17.6. The molecule has 1 saturated heterocycles. The van der Waals surface area contributed by atoms with Gasteiger partial charge in [-0.15, -0.1) is 0 Å². The average Bonchev–Trinajstić information content (AvgIpc) is 2.63. The van der Waals surface area contributed by atoms with Crippen LogP contribution >= 0.6 is 11.6 Å². The summed E-state index contributed by atoms with van der Waals surface area (Å²) in [6, 6.07) is 15.3. The molecule has 2 aromatic rings. The monoisotopic (exact) mass is 359 g/mol. The molecular weight excluding hydrogens is 338 g/mol. The van der Waals surface area contributed by atoms with E-state index >= 15 is 0 Å². The summed E-state index contributed by atoms with van der Waals surface area (Å²) in [4.78, 5) is 16.8. The van der Waals surface area contributed by atoms with Crippen molar-refractivity contribution < 1.29 is 9.53 Å². The number of benzene rings is 2. The van der Waals surface area contributed by atoms with Gasteiger partial charge in [-0.05, 0) is 30.3 Å². The highest BCUT2D eigenvalue weighted by Gasteiger charge is 2.19. The second-order valence-corrected chi connectivity index (χ2v) is 6.43. The average molecular weight is 360 g/mol. The van der Waals surface area contributed by atoms with Gasteiger partial charge in [-0.25, -0.2) is 0 Å². The Labute approximate surface area is 153 Å². The van der Waals surface area contributed by atoms with Crippen LogP contribution in [-0.2, 0) is 4.79 Å². The lowest BCUT2D eigenvalue weighted by atomic mass is 10.2. The summed E-state index contributed by atoms with van der Waals surface area (Å²) in [5.74, 6) is 0.641. The van der Waals surface area contributed by atoms with Crippen LogP contribution in [0.1, 0.15) is 0 Å². The van der Waals surface area contributed by atoms with Crippen molar-refractivity contribution in [1.29, 1.82) is 0 Å². The van der Waals surface area contributed by atoms with Crippen LogP contribution < -0.4 is 15.0 Å². The van der Waals surface area contributed by atoms with Crippen LogP contribution in [0.25, 0.3) is 0 Å². The van der Waals surface area contributed by atoms with E-state index in [0.29, 0.717) is 18.0 Å². The van der Waals surface area contributed by atoms with Crippen LogP contribution in [0.15, 0.2) is 48.5 Å². The molecule has 0 saturated carbocycles. The predicted molar refractivity (Wildman–Crippen MR) is 102 cm³/mol. The van der Waals surface area contributed by atoms with Crippen molar-refractivity contribution in [3.63, 3.8) is 0 Å². The molecular formula is C19H22ClN3O2. The molecule has 0 spiro atoms. The molecule has 3 rings (SSSR count). The second kappa shape index (κ2) is 8.23. The lowest BCUT2D eigenvalue weighted by Crippen LogP contribution is -2.48.